The Balaban J connectivity index is 3.54. The van der Waals surface area contributed by atoms with Crippen LogP contribution in [0.2, 0.25) is 0 Å². The van der Waals surface area contributed by atoms with Gasteiger partial charge >= 0.3 is 12.1 Å². The van der Waals surface area contributed by atoms with Crippen LogP contribution >= 0.6 is 0 Å². The standard InChI is InChI=1S/C21H40N2O10/c1-5-17(14-23-20(27)33-21(2,3)4)32-15-18(24)22-6-7-28-8-9-29-10-11-30-12-13-31-16-19(25)26/h17H,5-16H2,1-4H3,(H,22,24)(H,23,27)(H,25,26). The lowest BCUT2D eigenvalue weighted by Gasteiger charge is -2.21. The third-order valence-corrected chi connectivity index (χ3v) is 3.69. The molecule has 1 unspecified atom stereocenters. The van der Waals surface area contributed by atoms with Gasteiger partial charge in [-0.1, -0.05) is 6.92 Å². The molecular weight excluding hydrogens is 440 g/mol. The van der Waals surface area contributed by atoms with Crippen LogP contribution < -0.4 is 10.6 Å². The molecule has 12 heteroatoms. The van der Waals surface area contributed by atoms with Gasteiger partial charge in [0.15, 0.2) is 0 Å². The van der Waals surface area contributed by atoms with Gasteiger partial charge in [0.1, 0.15) is 18.8 Å². The van der Waals surface area contributed by atoms with Gasteiger partial charge in [0.05, 0.1) is 52.4 Å². The van der Waals surface area contributed by atoms with E-state index in [-0.39, 0.29) is 38.4 Å². The van der Waals surface area contributed by atoms with Crippen molar-refractivity contribution in [2.45, 2.75) is 45.8 Å². The summed E-state index contributed by atoms with van der Waals surface area (Å²) in [7, 11) is 0. The molecule has 33 heavy (non-hydrogen) atoms. The lowest BCUT2D eigenvalue weighted by molar-refractivity contribution is -0.142. The number of alkyl carbamates (subject to hydrolysis) is 1. The number of hydrogen-bond acceptors (Lipinski definition) is 9. The molecule has 2 amide bonds. The number of nitrogens with one attached hydrogen (secondary N) is 2. The number of carbonyl (C=O) groups is 3. The maximum absolute atomic E-state index is 11.8. The van der Waals surface area contributed by atoms with E-state index in [0.29, 0.717) is 52.6 Å². The number of hydrogen-bond donors (Lipinski definition) is 3. The minimum Gasteiger partial charge on any atom is -0.480 e. The van der Waals surface area contributed by atoms with Crippen molar-refractivity contribution in [3.05, 3.63) is 0 Å². The second-order valence-corrected chi connectivity index (χ2v) is 7.86. The number of ether oxygens (including phenoxy) is 6. The smallest absolute Gasteiger partial charge is 0.407 e. The van der Waals surface area contributed by atoms with Gasteiger partial charge < -0.3 is 44.2 Å². The van der Waals surface area contributed by atoms with Crippen molar-refractivity contribution in [3.63, 3.8) is 0 Å². The van der Waals surface area contributed by atoms with Gasteiger partial charge in [-0.3, -0.25) is 4.79 Å². The predicted octanol–water partition coefficient (Wildman–Crippen LogP) is 0.574. The largest absolute Gasteiger partial charge is 0.480 e. The molecule has 0 saturated heterocycles. The minimum atomic E-state index is -1.01. The normalized spacial score (nSPS) is 12.2. The molecule has 0 spiro atoms. The topological polar surface area (TPSA) is 151 Å². The van der Waals surface area contributed by atoms with Gasteiger partial charge in [-0.05, 0) is 27.2 Å². The van der Waals surface area contributed by atoms with Crippen LogP contribution in [-0.4, -0.2) is 107 Å². The molecule has 0 saturated carbocycles. The highest BCUT2D eigenvalue weighted by atomic mass is 16.6. The van der Waals surface area contributed by atoms with E-state index in [1.54, 1.807) is 20.8 Å². The van der Waals surface area contributed by atoms with Crippen molar-refractivity contribution in [2.24, 2.45) is 0 Å². The Morgan fingerprint density at radius 3 is 1.88 bits per heavy atom. The molecule has 3 N–H and O–H groups in total. The second-order valence-electron chi connectivity index (χ2n) is 7.86. The highest BCUT2D eigenvalue weighted by molar-refractivity contribution is 5.77. The Morgan fingerprint density at radius 1 is 0.818 bits per heavy atom. The fourth-order valence-corrected chi connectivity index (χ4v) is 2.16. The summed E-state index contributed by atoms with van der Waals surface area (Å²) in [6.07, 6.45) is -0.182. The summed E-state index contributed by atoms with van der Waals surface area (Å²) in [6, 6.07) is 0. The zero-order valence-electron chi connectivity index (χ0n) is 20.2. The van der Waals surface area contributed by atoms with Crippen LogP contribution in [-0.2, 0) is 38.0 Å². The number of aliphatic carboxylic acids is 1. The van der Waals surface area contributed by atoms with Crippen molar-refractivity contribution in [1.82, 2.24) is 10.6 Å². The molecule has 0 rings (SSSR count). The molecule has 0 aliphatic heterocycles. The van der Waals surface area contributed by atoms with Gasteiger partial charge in [0.25, 0.3) is 0 Å². The Bertz CT molecular complexity index is 540. The highest BCUT2D eigenvalue weighted by Gasteiger charge is 2.17. The van der Waals surface area contributed by atoms with E-state index in [2.05, 4.69) is 10.6 Å². The van der Waals surface area contributed by atoms with Crippen molar-refractivity contribution in [3.8, 4) is 0 Å². The fraction of sp³-hybridized carbons (Fsp3) is 0.857. The van der Waals surface area contributed by atoms with Crippen molar-refractivity contribution < 1.29 is 47.9 Å². The van der Waals surface area contributed by atoms with E-state index < -0.39 is 17.7 Å². The summed E-state index contributed by atoms with van der Waals surface area (Å²) >= 11 is 0. The molecule has 0 aromatic carbocycles. The Hall–Kier alpha value is -1.99. The number of carboxylic acids is 1. The van der Waals surface area contributed by atoms with Crippen molar-refractivity contribution >= 4 is 18.0 Å². The van der Waals surface area contributed by atoms with Gasteiger partial charge in [0, 0.05) is 13.1 Å². The first-order valence-electron chi connectivity index (χ1n) is 11.0. The zero-order chi connectivity index (χ0) is 25.0. The SMILES string of the molecule is CCC(CNC(=O)OC(C)(C)C)OCC(=O)NCCOCCOCCOCCOCC(=O)O. The first kappa shape index (κ1) is 31.0. The summed E-state index contributed by atoms with van der Waals surface area (Å²) in [5.74, 6) is -1.28. The summed E-state index contributed by atoms with van der Waals surface area (Å²) in [5.41, 5.74) is -0.573. The average Bonchev–Trinajstić information content (AvgIpc) is 2.72. The molecule has 0 aliphatic rings. The summed E-state index contributed by atoms with van der Waals surface area (Å²) < 4.78 is 31.4. The lowest BCUT2D eigenvalue weighted by Crippen LogP contribution is -2.39. The molecule has 0 fully saturated rings. The van der Waals surface area contributed by atoms with Crippen molar-refractivity contribution in [1.29, 1.82) is 0 Å². The Kier molecular flexibility index (Phi) is 18.3. The number of amides is 2. The fourth-order valence-electron chi connectivity index (χ4n) is 2.16. The molecule has 0 aliphatic carbocycles. The van der Waals surface area contributed by atoms with Gasteiger partial charge in [-0.2, -0.15) is 0 Å². The van der Waals surface area contributed by atoms with E-state index in [4.69, 9.17) is 33.5 Å². The van der Waals surface area contributed by atoms with Crippen molar-refractivity contribution in [2.75, 3.05) is 72.6 Å². The zero-order valence-corrected chi connectivity index (χ0v) is 20.2. The van der Waals surface area contributed by atoms with E-state index in [1.807, 2.05) is 6.92 Å². The molecule has 12 nitrogen and oxygen atoms in total. The molecule has 0 heterocycles. The Morgan fingerprint density at radius 2 is 1.36 bits per heavy atom. The first-order chi connectivity index (χ1) is 15.6. The molecular formula is C21H40N2O10. The maximum atomic E-state index is 11.8. The van der Waals surface area contributed by atoms with E-state index >= 15 is 0 Å². The molecule has 0 radical (unpaired) electrons. The van der Waals surface area contributed by atoms with E-state index in [1.165, 1.54) is 0 Å². The number of carboxylic acid groups (broad SMARTS) is 1. The third-order valence-electron chi connectivity index (χ3n) is 3.69. The van der Waals surface area contributed by atoms with Gasteiger partial charge in [-0.25, -0.2) is 9.59 Å². The Labute approximate surface area is 195 Å². The summed E-state index contributed by atoms with van der Waals surface area (Å²) in [5, 5.41) is 13.7. The minimum absolute atomic E-state index is 0.112. The molecule has 0 bridgehead atoms. The van der Waals surface area contributed by atoms with Crippen LogP contribution in [0.3, 0.4) is 0 Å². The van der Waals surface area contributed by atoms with E-state index in [0.717, 1.165) is 0 Å². The second kappa shape index (κ2) is 19.5. The maximum Gasteiger partial charge on any atom is 0.407 e. The van der Waals surface area contributed by atoms with Gasteiger partial charge in [-0.15, -0.1) is 0 Å². The molecule has 0 aromatic heterocycles. The third kappa shape index (κ3) is 23.0. The van der Waals surface area contributed by atoms with Crippen LogP contribution in [0.4, 0.5) is 4.79 Å². The molecule has 194 valence electrons. The summed E-state index contributed by atoms with van der Waals surface area (Å²) in [6.45, 7) is 9.78. The monoisotopic (exact) mass is 480 g/mol. The van der Waals surface area contributed by atoms with Crippen LogP contribution in [0.15, 0.2) is 0 Å². The van der Waals surface area contributed by atoms with Crippen LogP contribution in [0.5, 0.6) is 0 Å². The van der Waals surface area contributed by atoms with Gasteiger partial charge in [0.2, 0.25) is 5.91 Å². The number of carbonyl (C=O) groups excluding carboxylic acids is 2. The van der Waals surface area contributed by atoms with Crippen LogP contribution in [0, 0.1) is 0 Å². The average molecular weight is 481 g/mol. The quantitative estimate of drug-likeness (QED) is 0.211. The predicted molar refractivity (Wildman–Crippen MR) is 118 cm³/mol. The first-order valence-corrected chi connectivity index (χ1v) is 11.0. The molecule has 1 atom stereocenters. The van der Waals surface area contributed by atoms with Crippen LogP contribution in [0.25, 0.3) is 0 Å². The highest BCUT2D eigenvalue weighted by Crippen LogP contribution is 2.06. The van der Waals surface area contributed by atoms with Crippen LogP contribution in [0.1, 0.15) is 34.1 Å². The van der Waals surface area contributed by atoms with E-state index in [9.17, 15) is 14.4 Å². The lowest BCUT2D eigenvalue weighted by atomic mass is 10.2. The summed E-state index contributed by atoms with van der Waals surface area (Å²) in [4.78, 5) is 33.7. The number of rotatable bonds is 20. The molecule has 0 aromatic rings.